The van der Waals surface area contributed by atoms with Gasteiger partial charge in [0, 0.05) is 54.6 Å². The highest BCUT2D eigenvalue weighted by molar-refractivity contribution is 6.94. The second kappa shape index (κ2) is 8.98. The summed E-state index contributed by atoms with van der Waals surface area (Å²) in [4.78, 5) is 2.67. The molecule has 2 aliphatic rings. The molecule has 234 valence electrons. The quantitative estimate of drug-likeness (QED) is 0.162. The number of hydrogen-bond acceptors (Lipinski definition) is 1. The second-order valence-corrected chi connectivity index (χ2v) is 14.5. The van der Waals surface area contributed by atoms with E-state index in [0.717, 1.165) is 0 Å². The largest absolute Gasteiger partial charge is 0.376 e. The van der Waals surface area contributed by atoms with Crippen molar-refractivity contribution >= 4 is 99.8 Å². The molecule has 0 amide bonds. The SMILES string of the molecule is Cc1ccccc1N1B2c3c(cc4ccccc4c3-n3c4ccccc4c4cccc2c43)-c2cc3c4cccc5c6ccccc6n(c3cc21)c54. The fourth-order valence-electron chi connectivity index (χ4n) is 10.1. The summed E-state index contributed by atoms with van der Waals surface area (Å²) in [5.74, 6) is 0. The topological polar surface area (TPSA) is 12.6 Å². The standard InChI is InChI=1S/C47H28BN3/c1-27-12-2-7-21-39(27)51-43-26-42-35(34-18-10-17-32-30-15-5-8-22-40(30)49(42)45(32)34)25-36(43)37-24-28-13-3-4-14-29(28)47-44(37)48(51)38-20-11-19-33-31-16-6-9-23-41(31)50(47)46(33)38/h2-26H,1H3. The van der Waals surface area contributed by atoms with Crippen LogP contribution >= 0.6 is 0 Å². The van der Waals surface area contributed by atoms with E-state index in [4.69, 9.17) is 0 Å². The van der Waals surface area contributed by atoms with Gasteiger partial charge in [0.2, 0.25) is 0 Å². The van der Waals surface area contributed by atoms with Gasteiger partial charge in [-0.25, -0.2) is 0 Å². The number of anilines is 2. The minimum atomic E-state index is -0.0167. The molecule has 8 aromatic carbocycles. The van der Waals surface area contributed by atoms with Crippen LogP contribution in [0.25, 0.3) is 87.5 Å². The molecule has 0 aliphatic carbocycles. The molecule has 0 bridgehead atoms. The zero-order valence-corrected chi connectivity index (χ0v) is 27.9. The van der Waals surface area contributed by atoms with Crippen molar-refractivity contribution in [2.75, 3.05) is 4.81 Å². The summed E-state index contributed by atoms with van der Waals surface area (Å²) in [7, 11) is 0. The van der Waals surface area contributed by atoms with E-state index in [-0.39, 0.29) is 6.85 Å². The Kier molecular flexibility index (Phi) is 4.64. The van der Waals surface area contributed by atoms with Gasteiger partial charge >= 0.3 is 6.85 Å². The third-order valence-corrected chi connectivity index (χ3v) is 12.1. The highest BCUT2D eigenvalue weighted by atomic mass is 15.1. The predicted octanol–water partition coefficient (Wildman–Crippen LogP) is 10.6. The molecule has 11 aromatic rings. The Morgan fingerprint density at radius 1 is 0.451 bits per heavy atom. The number of fused-ring (bicyclic) bond motifs is 15. The van der Waals surface area contributed by atoms with Gasteiger partial charge in [0.1, 0.15) is 0 Å². The number of aromatic nitrogens is 2. The van der Waals surface area contributed by atoms with Crippen molar-refractivity contribution in [2.45, 2.75) is 6.92 Å². The number of hydrogen-bond donors (Lipinski definition) is 0. The van der Waals surface area contributed by atoms with Gasteiger partial charge in [-0.05, 0) is 70.8 Å². The van der Waals surface area contributed by atoms with Crippen LogP contribution in [-0.2, 0) is 0 Å². The van der Waals surface area contributed by atoms with Crippen LogP contribution in [0.4, 0.5) is 11.4 Å². The van der Waals surface area contributed by atoms with E-state index in [9.17, 15) is 0 Å². The van der Waals surface area contributed by atoms with E-state index in [2.05, 4.69) is 172 Å². The average molecular weight is 646 g/mol. The molecule has 0 radical (unpaired) electrons. The normalized spacial score (nSPS) is 13.5. The first-order valence-corrected chi connectivity index (χ1v) is 17.9. The van der Waals surface area contributed by atoms with Gasteiger partial charge in [0.15, 0.2) is 0 Å². The molecular weight excluding hydrogens is 617 g/mol. The van der Waals surface area contributed by atoms with Gasteiger partial charge in [-0.2, -0.15) is 0 Å². The van der Waals surface area contributed by atoms with Crippen molar-refractivity contribution in [3.8, 4) is 16.8 Å². The summed E-state index contributed by atoms with van der Waals surface area (Å²) < 4.78 is 5.11. The Bertz CT molecular complexity index is 3350. The molecule has 0 unspecified atom stereocenters. The molecule has 0 saturated carbocycles. The molecule has 0 atom stereocenters. The van der Waals surface area contributed by atoms with Crippen molar-refractivity contribution in [1.82, 2.24) is 8.97 Å². The van der Waals surface area contributed by atoms with Crippen LogP contribution in [-0.4, -0.2) is 15.8 Å². The molecular formula is C47H28BN3. The van der Waals surface area contributed by atoms with E-state index >= 15 is 0 Å². The Labute approximate surface area is 293 Å². The lowest BCUT2D eigenvalue weighted by molar-refractivity contribution is 1.20. The smallest absolute Gasteiger partial charge is 0.333 e. The third kappa shape index (κ3) is 3.02. The van der Waals surface area contributed by atoms with Gasteiger partial charge in [-0.1, -0.05) is 115 Å². The maximum absolute atomic E-state index is 2.67. The van der Waals surface area contributed by atoms with Crippen LogP contribution in [0.5, 0.6) is 0 Å². The molecule has 13 rings (SSSR count). The molecule has 0 saturated heterocycles. The zero-order valence-electron chi connectivity index (χ0n) is 27.9. The summed E-state index contributed by atoms with van der Waals surface area (Å²) in [5, 5.41) is 10.4. The van der Waals surface area contributed by atoms with Gasteiger partial charge in [0.25, 0.3) is 0 Å². The Hall–Kier alpha value is -6.52. The first-order valence-electron chi connectivity index (χ1n) is 17.9. The van der Waals surface area contributed by atoms with Crippen LogP contribution in [0.1, 0.15) is 5.56 Å². The lowest BCUT2D eigenvalue weighted by atomic mass is 9.43. The Morgan fingerprint density at radius 2 is 1.10 bits per heavy atom. The first-order chi connectivity index (χ1) is 25.3. The van der Waals surface area contributed by atoms with Crippen molar-refractivity contribution < 1.29 is 0 Å². The van der Waals surface area contributed by atoms with Crippen LogP contribution in [0.3, 0.4) is 0 Å². The van der Waals surface area contributed by atoms with Gasteiger partial charge < -0.3 is 13.8 Å². The van der Waals surface area contributed by atoms with E-state index in [1.165, 1.54) is 115 Å². The van der Waals surface area contributed by atoms with Crippen LogP contribution < -0.4 is 15.7 Å². The van der Waals surface area contributed by atoms with Crippen LogP contribution in [0.2, 0.25) is 0 Å². The molecule has 0 N–H and O–H groups in total. The van der Waals surface area contributed by atoms with E-state index in [1.807, 2.05) is 0 Å². The van der Waals surface area contributed by atoms with E-state index < -0.39 is 0 Å². The van der Waals surface area contributed by atoms with Crippen molar-refractivity contribution in [1.29, 1.82) is 0 Å². The summed E-state index contributed by atoms with van der Waals surface area (Å²) in [6.45, 7) is 2.25. The average Bonchev–Trinajstić information content (AvgIpc) is 3.82. The summed E-state index contributed by atoms with van der Waals surface area (Å²) >= 11 is 0. The zero-order chi connectivity index (χ0) is 33.1. The Balaban J connectivity index is 1.28. The van der Waals surface area contributed by atoms with Crippen molar-refractivity contribution in [3.63, 3.8) is 0 Å². The summed E-state index contributed by atoms with van der Waals surface area (Å²) in [5.41, 5.74) is 16.8. The van der Waals surface area contributed by atoms with Crippen LogP contribution in [0, 0.1) is 6.92 Å². The van der Waals surface area contributed by atoms with Crippen molar-refractivity contribution in [3.05, 3.63) is 157 Å². The minimum Gasteiger partial charge on any atom is -0.376 e. The van der Waals surface area contributed by atoms with Gasteiger partial charge in [0.05, 0.1) is 33.3 Å². The molecule has 3 aromatic heterocycles. The molecule has 4 heteroatoms. The predicted molar refractivity (Wildman–Crippen MR) is 217 cm³/mol. The number of rotatable bonds is 1. The van der Waals surface area contributed by atoms with Gasteiger partial charge in [-0.3, -0.25) is 0 Å². The van der Waals surface area contributed by atoms with Crippen LogP contribution in [0.15, 0.2) is 152 Å². The molecule has 2 aliphatic heterocycles. The lowest BCUT2D eigenvalue weighted by Gasteiger charge is -2.43. The monoisotopic (exact) mass is 645 g/mol. The van der Waals surface area contributed by atoms with E-state index in [0.29, 0.717) is 0 Å². The first kappa shape index (κ1) is 26.4. The Morgan fingerprint density at radius 3 is 1.94 bits per heavy atom. The number of aryl methyl sites for hydroxylation is 1. The third-order valence-electron chi connectivity index (χ3n) is 12.1. The lowest BCUT2D eigenvalue weighted by Crippen LogP contribution is -2.60. The molecule has 0 spiro atoms. The molecule has 51 heavy (non-hydrogen) atoms. The highest BCUT2D eigenvalue weighted by Crippen LogP contribution is 2.50. The summed E-state index contributed by atoms with van der Waals surface area (Å²) in [6, 6.07) is 57.1. The molecule has 3 nitrogen and oxygen atoms in total. The molecule has 0 fully saturated rings. The number of benzene rings is 8. The number of nitrogens with zero attached hydrogens (tertiary/aromatic N) is 3. The fourth-order valence-corrected chi connectivity index (χ4v) is 10.1. The fraction of sp³-hybridized carbons (Fsp3) is 0.0213. The summed E-state index contributed by atoms with van der Waals surface area (Å²) in [6.07, 6.45) is 0. The molecule has 5 heterocycles. The maximum Gasteiger partial charge on any atom is 0.333 e. The second-order valence-electron chi connectivity index (χ2n) is 14.5. The van der Waals surface area contributed by atoms with Crippen molar-refractivity contribution in [2.24, 2.45) is 0 Å². The van der Waals surface area contributed by atoms with Gasteiger partial charge in [-0.15, -0.1) is 0 Å². The highest BCUT2D eigenvalue weighted by Gasteiger charge is 2.45. The number of para-hydroxylation sites is 5. The van der Waals surface area contributed by atoms with E-state index in [1.54, 1.807) is 0 Å². The maximum atomic E-state index is 2.67. The minimum absolute atomic E-state index is 0.0167.